The van der Waals surface area contributed by atoms with E-state index < -0.39 is 0 Å². The predicted octanol–water partition coefficient (Wildman–Crippen LogP) is 4.29. The van der Waals surface area contributed by atoms with Crippen LogP contribution in [0.1, 0.15) is 56.9 Å². The summed E-state index contributed by atoms with van der Waals surface area (Å²) >= 11 is 6.13. The first-order valence-corrected chi connectivity index (χ1v) is 8.27. The molecule has 2 rings (SSSR count). The highest BCUT2D eigenvalue weighted by atomic mass is 35.5. The Balaban J connectivity index is 2.02. The van der Waals surface area contributed by atoms with Gasteiger partial charge in [0.15, 0.2) is 6.61 Å². The van der Waals surface area contributed by atoms with Crippen molar-refractivity contribution >= 4 is 17.5 Å². The molecule has 0 aromatic heterocycles. The molecule has 3 nitrogen and oxygen atoms in total. The zero-order valence-electron chi connectivity index (χ0n) is 12.7. The van der Waals surface area contributed by atoms with Crippen molar-refractivity contribution in [2.75, 3.05) is 13.2 Å². The third-order valence-electron chi connectivity index (χ3n) is 3.95. The highest BCUT2D eigenvalue weighted by Crippen LogP contribution is 2.38. The zero-order chi connectivity index (χ0) is 15.1. The number of nitrogens with one attached hydrogen (secondary N) is 1. The molecular weight excluding hydrogens is 286 g/mol. The van der Waals surface area contributed by atoms with Crippen LogP contribution in [0.3, 0.4) is 0 Å². The minimum Gasteiger partial charge on any atom is -0.483 e. The summed E-state index contributed by atoms with van der Waals surface area (Å²) in [6.07, 6.45) is 7.12. The summed E-state index contributed by atoms with van der Waals surface area (Å²) in [5.74, 6) is 1.24. The van der Waals surface area contributed by atoms with Gasteiger partial charge in [-0.3, -0.25) is 4.79 Å². The van der Waals surface area contributed by atoms with Crippen LogP contribution in [0, 0.1) is 0 Å². The standard InChI is InChI=1S/C17H24ClNO2/c1-2-10-19-17(20)12-21-16-9-8-14(18)11-15(16)13-6-4-3-5-7-13/h8-9,11,13H,2-7,10,12H2,1H3,(H,19,20). The second-order valence-corrected chi connectivity index (χ2v) is 6.09. The average molecular weight is 310 g/mol. The Hall–Kier alpha value is -1.22. The third-order valence-corrected chi connectivity index (χ3v) is 4.18. The Morgan fingerprint density at radius 2 is 2.10 bits per heavy atom. The average Bonchev–Trinajstić information content (AvgIpc) is 2.52. The van der Waals surface area contributed by atoms with Gasteiger partial charge in [-0.05, 0) is 48.9 Å². The molecule has 0 radical (unpaired) electrons. The number of hydrogen-bond acceptors (Lipinski definition) is 2. The number of hydrogen-bond donors (Lipinski definition) is 1. The maximum absolute atomic E-state index is 11.7. The van der Waals surface area contributed by atoms with Crippen molar-refractivity contribution < 1.29 is 9.53 Å². The van der Waals surface area contributed by atoms with Gasteiger partial charge in [0.2, 0.25) is 0 Å². The lowest BCUT2D eigenvalue weighted by Gasteiger charge is -2.24. The van der Waals surface area contributed by atoms with E-state index in [1.165, 1.54) is 32.1 Å². The van der Waals surface area contributed by atoms with Crippen LogP contribution in [0.2, 0.25) is 5.02 Å². The summed E-state index contributed by atoms with van der Waals surface area (Å²) in [4.78, 5) is 11.7. The molecule has 1 aromatic rings. The molecule has 1 N–H and O–H groups in total. The van der Waals surface area contributed by atoms with Gasteiger partial charge in [-0.15, -0.1) is 0 Å². The molecule has 4 heteroatoms. The van der Waals surface area contributed by atoms with Crippen LogP contribution >= 0.6 is 11.6 Å². The Morgan fingerprint density at radius 3 is 2.81 bits per heavy atom. The third kappa shape index (κ3) is 4.92. The topological polar surface area (TPSA) is 38.3 Å². The highest BCUT2D eigenvalue weighted by Gasteiger charge is 2.20. The van der Waals surface area contributed by atoms with E-state index in [4.69, 9.17) is 16.3 Å². The molecule has 0 aliphatic heterocycles. The molecule has 1 aromatic carbocycles. The lowest BCUT2D eigenvalue weighted by Crippen LogP contribution is -2.29. The molecule has 1 saturated carbocycles. The van der Waals surface area contributed by atoms with E-state index >= 15 is 0 Å². The molecule has 0 unspecified atom stereocenters. The number of carbonyl (C=O) groups excluding carboxylic acids is 1. The highest BCUT2D eigenvalue weighted by molar-refractivity contribution is 6.30. The Labute approximate surface area is 132 Å². The Morgan fingerprint density at radius 1 is 1.33 bits per heavy atom. The lowest BCUT2D eigenvalue weighted by molar-refractivity contribution is -0.123. The van der Waals surface area contributed by atoms with E-state index in [9.17, 15) is 4.79 Å². The van der Waals surface area contributed by atoms with Crippen molar-refractivity contribution in [2.24, 2.45) is 0 Å². The molecule has 116 valence electrons. The normalized spacial score (nSPS) is 15.7. The molecule has 0 atom stereocenters. The van der Waals surface area contributed by atoms with Gasteiger partial charge in [-0.25, -0.2) is 0 Å². The van der Waals surface area contributed by atoms with Crippen molar-refractivity contribution in [3.63, 3.8) is 0 Å². The largest absolute Gasteiger partial charge is 0.483 e. The summed E-state index contributed by atoms with van der Waals surface area (Å²) in [6, 6.07) is 5.71. The van der Waals surface area contributed by atoms with Crippen LogP contribution in [0.5, 0.6) is 5.75 Å². The molecule has 0 heterocycles. The SMILES string of the molecule is CCCNC(=O)COc1ccc(Cl)cc1C1CCCCC1. The number of benzene rings is 1. The number of amides is 1. The second kappa shape index (κ2) is 8.28. The van der Waals surface area contributed by atoms with Gasteiger partial charge in [-0.2, -0.15) is 0 Å². The Bertz CT molecular complexity index is 470. The van der Waals surface area contributed by atoms with Crippen molar-refractivity contribution in [1.29, 1.82) is 0 Å². The molecule has 1 aliphatic rings. The molecule has 0 bridgehead atoms. The summed E-state index contributed by atoms with van der Waals surface area (Å²) in [6.45, 7) is 2.79. The summed E-state index contributed by atoms with van der Waals surface area (Å²) < 4.78 is 5.73. The van der Waals surface area contributed by atoms with Crippen LogP contribution in [-0.2, 0) is 4.79 Å². The first kappa shape index (κ1) is 16.2. The fourth-order valence-electron chi connectivity index (χ4n) is 2.84. The fourth-order valence-corrected chi connectivity index (χ4v) is 3.02. The van der Waals surface area contributed by atoms with E-state index in [0.29, 0.717) is 12.5 Å². The maximum atomic E-state index is 11.7. The first-order chi connectivity index (χ1) is 10.2. The number of rotatable bonds is 6. The van der Waals surface area contributed by atoms with Crippen LogP contribution in [0.4, 0.5) is 0 Å². The molecule has 1 fully saturated rings. The van der Waals surface area contributed by atoms with Gasteiger partial charge in [0.05, 0.1) is 0 Å². The second-order valence-electron chi connectivity index (χ2n) is 5.66. The van der Waals surface area contributed by atoms with Gasteiger partial charge >= 0.3 is 0 Å². The summed E-state index contributed by atoms with van der Waals surface area (Å²) in [7, 11) is 0. The maximum Gasteiger partial charge on any atom is 0.257 e. The van der Waals surface area contributed by atoms with Gasteiger partial charge in [0, 0.05) is 11.6 Å². The van der Waals surface area contributed by atoms with Crippen LogP contribution in [0.25, 0.3) is 0 Å². The first-order valence-electron chi connectivity index (χ1n) is 7.89. The summed E-state index contributed by atoms with van der Waals surface area (Å²) in [5, 5.41) is 3.56. The van der Waals surface area contributed by atoms with Gasteiger partial charge in [0.25, 0.3) is 5.91 Å². The van der Waals surface area contributed by atoms with E-state index in [0.717, 1.165) is 22.8 Å². The van der Waals surface area contributed by atoms with E-state index in [-0.39, 0.29) is 12.5 Å². The van der Waals surface area contributed by atoms with Crippen molar-refractivity contribution in [3.05, 3.63) is 28.8 Å². The number of carbonyl (C=O) groups is 1. The molecule has 1 aliphatic carbocycles. The van der Waals surface area contributed by atoms with E-state index in [1.807, 2.05) is 25.1 Å². The van der Waals surface area contributed by atoms with Crippen molar-refractivity contribution in [3.8, 4) is 5.75 Å². The molecular formula is C17H24ClNO2. The van der Waals surface area contributed by atoms with E-state index in [2.05, 4.69) is 5.32 Å². The molecule has 1 amide bonds. The van der Waals surface area contributed by atoms with Gasteiger partial charge in [0.1, 0.15) is 5.75 Å². The minimum absolute atomic E-state index is 0.0682. The smallest absolute Gasteiger partial charge is 0.257 e. The predicted molar refractivity (Wildman–Crippen MR) is 86.1 cm³/mol. The minimum atomic E-state index is -0.0682. The van der Waals surface area contributed by atoms with Crippen LogP contribution in [-0.4, -0.2) is 19.1 Å². The number of ether oxygens (including phenoxy) is 1. The van der Waals surface area contributed by atoms with Gasteiger partial charge in [-0.1, -0.05) is 37.8 Å². The van der Waals surface area contributed by atoms with Crippen molar-refractivity contribution in [1.82, 2.24) is 5.32 Å². The number of halogens is 1. The zero-order valence-corrected chi connectivity index (χ0v) is 13.4. The lowest BCUT2D eigenvalue weighted by atomic mass is 9.84. The van der Waals surface area contributed by atoms with Gasteiger partial charge < -0.3 is 10.1 Å². The molecule has 21 heavy (non-hydrogen) atoms. The monoisotopic (exact) mass is 309 g/mol. The molecule has 0 saturated heterocycles. The quantitative estimate of drug-likeness (QED) is 0.851. The Kier molecular flexibility index (Phi) is 6.37. The van der Waals surface area contributed by atoms with Crippen LogP contribution < -0.4 is 10.1 Å². The van der Waals surface area contributed by atoms with E-state index in [1.54, 1.807) is 0 Å². The van der Waals surface area contributed by atoms with Crippen molar-refractivity contribution in [2.45, 2.75) is 51.4 Å². The summed E-state index contributed by atoms with van der Waals surface area (Å²) in [5.41, 5.74) is 1.16. The fraction of sp³-hybridized carbons (Fsp3) is 0.588. The van der Waals surface area contributed by atoms with Crippen LogP contribution in [0.15, 0.2) is 18.2 Å². The molecule has 0 spiro atoms.